The Bertz CT molecular complexity index is 608. The number of ether oxygens (including phenoxy) is 1. The topological polar surface area (TPSA) is 74.9 Å². The fourth-order valence-corrected chi connectivity index (χ4v) is 3.56. The Morgan fingerprint density at radius 3 is 2.92 bits per heavy atom. The largest absolute Gasteiger partial charge is 0.379 e. The van der Waals surface area contributed by atoms with E-state index in [1.165, 1.54) is 4.88 Å². The van der Waals surface area contributed by atoms with Crippen molar-refractivity contribution in [3.8, 4) is 0 Å². The molecule has 8 heteroatoms. The lowest BCUT2D eigenvalue weighted by atomic mass is 10.2. The van der Waals surface area contributed by atoms with E-state index in [2.05, 4.69) is 43.2 Å². The molecule has 7 nitrogen and oxygen atoms in total. The van der Waals surface area contributed by atoms with Gasteiger partial charge in [-0.25, -0.2) is 0 Å². The van der Waals surface area contributed by atoms with E-state index in [1.807, 2.05) is 6.07 Å². The summed E-state index contributed by atoms with van der Waals surface area (Å²) in [5, 5.41) is 12.7. The first kappa shape index (κ1) is 16.9. The van der Waals surface area contributed by atoms with Gasteiger partial charge in [0.15, 0.2) is 5.96 Å². The third-order valence-corrected chi connectivity index (χ3v) is 4.95. The Hall–Kier alpha value is -1.90. The van der Waals surface area contributed by atoms with Crippen molar-refractivity contribution in [2.45, 2.75) is 12.6 Å². The zero-order valence-electron chi connectivity index (χ0n) is 13.8. The smallest absolute Gasteiger partial charge is 0.191 e. The van der Waals surface area contributed by atoms with Crippen LogP contribution in [0.15, 0.2) is 39.4 Å². The molecule has 2 aromatic rings. The zero-order valence-corrected chi connectivity index (χ0v) is 14.6. The average Bonchev–Trinajstić information content (AvgIpc) is 3.32. The molecule has 1 fully saturated rings. The van der Waals surface area contributed by atoms with Crippen molar-refractivity contribution in [1.82, 2.24) is 20.7 Å². The van der Waals surface area contributed by atoms with Crippen molar-refractivity contribution in [2.24, 2.45) is 4.99 Å². The van der Waals surface area contributed by atoms with Gasteiger partial charge < -0.3 is 19.9 Å². The minimum Gasteiger partial charge on any atom is -0.379 e. The lowest BCUT2D eigenvalue weighted by molar-refractivity contribution is 0.0177. The van der Waals surface area contributed by atoms with Gasteiger partial charge in [0, 0.05) is 37.6 Å². The van der Waals surface area contributed by atoms with Crippen LogP contribution >= 0.6 is 11.3 Å². The maximum Gasteiger partial charge on any atom is 0.191 e. The molecule has 130 valence electrons. The van der Waals surface area contributed by atoms with Gasteiger partial charge in [-0.15, -0.1) is 11.3 Å². The van der Waals surface area contributed by atoms with E-state index in [4.69, 9.17) is 9.26 Å². The molecule has 24 heavy (non-hydrogen) atoms. The highest BCUT2D eigenvalue weighted by molar-refractivity contribution is 7.10. The van der Waals surface area contributed by atoms with Crippen LogP contribution < -0.4 is 10.6 Å². The van der Waals surface area contributed by atoms with Crippen LogP contribution in [0.2, 0.25) is 0 Å². The molecule has 0 amide bonds. The van der Waals surface area contributed by atoms with Crippen LogP contribution in [-0.4, -0.2) is 55.9 Å². The summed E-state index contributed by atoms with van der Waals surface area (Å²) in [7, 11) is 1.77. The minimum absolute atomic E-state index is 0.319. The van der Waals surface area contributed by atoms with Crippen molar-refractivity contribution in [3.63, 3.8) is 0 Å². The second-order valence-corrected chi connectivity index (χ2v) is 6.46. The van der Waals surface area contributed by atoms with E-state index in [0.717, 1.165) is 44.5 Å². The number of morpholine rings is 1. The molecule has 0 aliphatic carbocycles. The normalized spacial score (nSPS) is 17.6. The van der Waals surface area contributed by atoms with Crippen LogP contribution in [0, 0.1) is 0 Å². The molecule has 0 radical (unpaired) electrons. The van der Waals surface area contributed by atoms with Crippen LogP contribution in [0.1, 0.15) is 16.6 Å². The maximum absolute atomic E-state index is 5.48. The van der Waals surface area contributed by atoms with E-state index >= 15 is 0 Å². The van der Waals surface area contributed by atoms with Crippen molar-refractivity contribution >= 4 is 17.3 Å². The predicted octanol–water partition coefficient (Wildman–Crippen LogP) is 1.47. The molecule has 2 N–H and O–H groups in total. The quantitative estimate of drug-likeness (QED) is 0.608. The number of guanidine groups is 1. The fourth-order valence-electron chi connectivity index (χ4n) is 2.70. The van der Waals surface area contributed by atoms with Gasteiger partial charge in [0.05, 0.1) is 25.8 Å². The first-order chi connectivity index (χ1) is 11.9. The highest BCUT2D eigenvalue weighted by Crippen LogP contribution is 2.25. The van der Waals surface area contributed by atoms with Crippen molar-refractivity contribution in [1.29, 1.82) is 0 Å². The van der Waals surface area contributed by atoms with Crippen LogP contribution in [-0.2, 0) is 11.3 Å². The Morgan fingerprint density at radius 2 is 2.25 bits per heavy atom. The Morgan fingerprint density at radius 1 is 1.38 bits per heavy atom. The number of hydrogen-bond acceptors (Lipinski definition) is 6. The monoisotopic (exact) mass is 349 g/mol. The lowest BCUT2D eigenvalue weighted by Gasteiger charge is -2.34. The molecule has 0 bridgehead atoms. The lowest BCUT2D eigenvalue weighted by Crippen LogP contribution is -2.46. The number of rotatable bonds is 6. The first-order valence-electron chi connectivity index (χ1n) is 8.06. The molecule has 3 heterocycles. The summed E-state index contributed by atoms with van der Waals surface area (Å²) < 4.78 is 10.3. The van der Waals surface area contributed by atoms with Crippen LogP contribution in [0.4, 0.5) is 0 Å². The molecule has 1 atom stereocenters. The summed E-state index contributed by atoms with van der Waals surface area (Å²) in [5.41, 5.74) is 0.848. The molecule has 1 saturated heterocycles. The highest BCUT2D eigenvalue weighted by atomic mass is 32.1. The van der Waals surface area contributed by atoms with E-state index in [0.29, 0.717) is 12.6 Å². The van der Waals surface area contributed by atoms with Gasteiger partial charge >= 0.3 is 0 Å². The number of thiophene rings is 1. The molecule has 3 rings (SSSR count). The third-order valence-electron chi connectivity index (χ3n) is 3.97. The molecule has 0 saturated carbocycles. The maximum atomic E-state index is 5.48. The zero-order chi connectivity index (χ0) is 16.6. The molecular weight excluding hydrogens is 326 g/mol. The Kier molecular flexibility index (Phi) is 6.22. The van der Waals surface area contributed by atoms with Gasteiger partial charge in [-0.1, -0.05) is 11.2 Å². The number of aliphatic imine (C=N–C) groups is 1. The number of aromatic nitrogens is 1. The highest BCUT2D eigenvalue weighted by Gasteiger charge is 2.23. The second kappa shape index (κ2) is 8.81. The molecule has 2 aromatic heterocycles. The summed E-state index contributed by atoms with van der Waals surface area (Å²) in [4.78, 5) is 8.11. The summed E-state index contributed by atoms with van der Waals surface area (Å²) in [6.07, 6.45) is 1.57. The van der Waals surface area contributed by atoms with Gasteiger partial charge in [-0.3, -0.25) is 9.89 Å². The summed E-state index contributed by atoms with van der Waals surface area (Å²) in [5.74, 6) is 0.757. The second-order valence-electron chi connectivity index (χ2n) is 5.48. The van der Waals surface area contributed by atoms with Crippen LogP contribution in [0.3, 0.4) is 0 Å². The standard InChI is InChI=1S/C16H23N5O2S/c1-17-16(18-11-13-4-7-23-20-13)19-12-14(15-3-2-10-24-15)21-5-8-22-9-6-21/h2-4,7,10,14H,5-6,8-9,11-12H2,1H3,(H2,17,18,19). The number of nitrogens with one attached hydrogen (secondary N) is 2. The van der Waals surface area contributed by atoms with Crippen molar-refractivity contribution in [3.05, 3.63) is 40.4 Å². The number of hydrogen-bond donors (Lipinski definition) is 2. The van der Waals surface area contributed by atoms with Gasteiger partial charge in [0.1, 0.15) is 12.0 Å². The van der Waals surface area contributed by atoms with Crippen LogP contribution in [0.25, 0.3) is 0 Å². The van der Waals surface area contributed by atoms with E-state index in [-0.39, 0.29) is 0 Å². The van der Waals surface area contributed by atoms with E-state index < -0.39 is 0 Å². The Labute approximate surface area is 145 Å². The summed E-state index contributed by atoms with van der Waals surface area (Å²) in [6.45, 7) is 4.86. The molecular formula is C16H23N5O2S. The first-order valence-corrected chi connectivity index (χ1v) is 8.94. The van der Waals surface area contributed by atoms with E-state index in [1.54, 1.807) is 24.6 Å². The van der Waals surface area contributed by atoms with Gasteiger partial charge in [0.25, 0.3) is 0 Å². The third kappa shape index (κ3) is 4.56. The van der Waals surface area contributed by atoms with Crippen molar-refractivity contribution in [2.75, 3.05) is 39.9 Å². The molecule has 1 unspecified atom stereocenters. The average molecular weight is 349 g/mol. The predicted molar refractivity (Wildman–Crippen MR) is 94.2 cm³/mol. The van der Waals surface area contributed by atoms with Gasteiger partial charge in [0.2, 0.25) is 0 Å². The van der Waals surface area contributed by atoms with Crippen molar-refractivity contribution < 1.29 is 9.26 Å². The van der Waals surface area contributed by atoms with E-state index in [9.17, 15) is 0 Å². The van der Waals surface area contributed by atoms with Gasteiger partial charge in [-0.05, 0) is 11.4 Å². The number of nitrogens with zero attached hydrogens (tertiary/aromatic N) is 3. The SMILES string of the molecule is CN=C(NCc1ccon1)NCC(c1cccs1)N1CCOCC1. The molecule has 0 aromatic carbocycles. The molecule has 1 aliphatic rings. The summed E-state index contributed by atoms with van der Waals surface area (Å²) in [6, 6.07) is 6.45. The summed E-state index contributed by atoms with van der Waals surface area (Å²) >= 11 is 1.79. The van der Waals surface area contributed by atoms with Crippen LogP contribution in [0.5, 0.6) is 0 Å². The minimum atomic E-state index is 0.319. The fraction of sp³-hybridized carbons (Fsp3) is 0.500. The van der Waals surface area contributed by atoms with Gasteiger partial charge in [-0.2, -0.15) is 0 Å². The molecule has 1 aliphatic heterocycles. The Balaban J connectivity index is 1.57. The molecule has 0 spiro atoms.